The molecule has 0 saturated heterocycles. The fraction of sp³-hybridized carbons (Fsp3) is 0.571. The van der Waals surface area contributed by atoms with Crippen molar-refractivity contribution in [3.05, 3.63) is 29.8 Å². The average Bonchev–Trinajstić information content (AvgIpc) is 2.20. The maximum Gasteiger partial charge on any atom is 0.0314 e. The third-order valence-corrected chi connectivity index (χ3v) is 3.80. The van der Waals surface area contributed by atoms with Crippen LogP contribution in [0.2, 0.25) is 0 Å². The van der Waals surface area contributed by atoms with Crippen LogP contribution < -0.4 is 5.73 Å². The fourth-order valence-electron chi connectivity index (χ4n) is 2.90. The minimum absolute atomic E-state index is 0.752. The molecule has 3 atom stereocenters. The zero-order valence-electron chi connectivity index (χ0n) is 9.74. The predicted molar refractivity (Wildman–Crippen MR) is 65.8 cm³/mol. The van der Waals surface area contributed by atoms with Crippen molar-refractivity contribution in [2.45, 2.75) is 39.0 Å². The summed E-state index contributed by atoms with van der Waals surface area (Å²) in [6.45, 7) is 4.76. The van der Waals surface area contributed by atoms with Gasteiger partial charge in [0.25, 0.3) is 0 Å². The first-order chi connectivity index (χ1) is 7.16. The van der Waals surface area contributed by atoms with E-state index >= 15 is 0 Å². The Morgan fingerprint density at radius 2 is 1.73 bits per heavy atom. The van der Waals surface area contributed by atoms with Crippen LogP contribution in [0.5, 0.6) is 0 Å². The summed E-state index contributed by atoms with van der Waals surface area (Å²) >= 11 is 0. The van der Waals surface area contributed by atoms with E-state index in [4.69, 9.17) is 5.73 Å². The van der Waals surface area contributed by atoms with Gasteiger partial charge in [0.05, 0.1) is 0 Å². The summed E-state index contributed by atoms with van der Waals surface area (Å²) in [5.41, 5.74) is 8.06. The number of hydrogen-bond acceptors (Lipinski definition) is 1. The van der Waals surface area contributed by atoms with Crippen LogP contribution in [-0.4, -0.2) is 0 Å². The molecule has 1 aromatic rings. The highest BCUT2D eigenvalue weighted by Crippen LogP contribution is 2.39. The van der Waals surface area contributed by atoms with Crippen molar-refractivity contribution in [3.63, 3.8) is 0 Å². The van der Waals surface area contributed by atoms with Crippen LogP contribution >= 0.6 is 0 Å². The number of rotatable bonds is 1. The molecule has 0 spiro atoms. The molecular formula is C14H21N. The van der Waals surface area contributed by atoms with Gasteiger partial charge in [-0.1, -0.05) is 32.4 Å². The summed E-state index contributed by atoms with van der Waals surface area (Å²) < 4.78 is 0. The fourth-order valence-corrected chi connectivity index (χ4v) is 2.90. The Balaban J connectivity index is 2.13. The summed E-state index contributed by atoms with van der Waals surface area (Å²) in [4.78, 5) is 0. The molecule has 1 fully saturated rings. The van der Waals surface area contributed by atoms with Crippen LogP contribution in [0.15, 0.2) is 24.3 Å². The molecule has 0 aliphatic heterocycles. The van der Waals surface area contributed by atoms with E-state index in [1.807, 2.05) is 12.1 Å². The lowest BCUT2D eigenvalue weighted by Crippen LogP contribution is -2.19. The van der Waals surface area contributed by atoms with Gasteiger partial charge in [-0.05, 0) is 48.3 Å². The summed E-state index contributed by atoms with van der Waals surface area (Å²) in [5.74, 6) is 2.48. The summed E-state index contributed by atoms with van der Waals surface area (Å²) in [7, 11) is 0. The van der Waals surface area contributed by atoms with Crippen molar-refractivity contribution in [3.8, 4) is 0 Å². The number of benzene rings is 1. The molecule has 0 bridgehead atoms. The zero-order valence-corrected chi connectivity index (χ0v) is 9.74. The molecule has 1 nitrogen and oxygen atoms in total. The first-order valence-corrected chi connectivity index (χ1v) is 6.02. The molecular weight excluding hydrogens is 182 g/mol. The van der Waals surface area contributed by atoms with Gasteiger partial charge in [-0.15, -0.1) is 0 Å². The molecule has 0 heterocycles. The number of hydrogen-bond donors (Lipinski definition) is 1. The summed E-state index contributed by atoms with van der Waals surface area (Å²) in [5, 5.41) is 0. The molecule has 1 heteroatoms. The SMILES string of the molecule is C[C@@H]1CC[C@@H](c2ccc(N)cc2)[C@H](C)C1. The monoisotopic (exact) mass is 203 g/mol. The standard InChI is InChI=1S/C14H21N/c1-10-3-8-14(11(2)9-10)12-4-6-13(15)7-5-12/h4-7,10-11,14H,3,8-9,15H2,1-2H3/t10-,11-,14-/m1/s1. The second-order valence-corrected chi connectivity index (χ2v) is 5.17. The van der Waals surface area contributed by atoms with Crippen LogP contribution in [-0.2, 0) is 0 Å². The Labute approximate surface area is 92.7 Å². The van der Waals surface area contributed by atoms with E-state index in [9.17, 15) is 0 Å². The Morgan fingerprint density at radius 1 is 1.07 bits per heavy atom. The predicted octanol–water partition coefficient (Wildman–Crippen LogP) is 3.81. The number of anilines is 1. The van der Waals surface area contributed by atoms with Crippen molar-refractivity contribution in [1.82, 2.24) is 0 Å². The highest BCUT2D eigenvalue weighted by molar-refractivity contribution is 5.40. The van der Waals surface area contributed by atoms with Crippen molar-refractivity contribution >= 4 is 5.69 Å². The lowest BCUT2D eigenvalue weighted by atomic mass is 9.73. The largest absolute Gasteiger partial charge is 0.399 e. The molecule has 1 saturated carbocycles. The van der Waals surface area contributed by atoms with Gasteiger partial charge >= 0.3 is 0 Å². The van der Waals surface area contributed by atoms with Crippen LogP contribution in [0.3, 0.4) is 0 Å². The maximum absolute atomic E-state index is 5.71. The molecule has 2 rings (SSSR count). The van der Waals surface area contributed by atoms with Crippen molar-refractivity contribution in [2.24, 2.45) is 11.8 Å². The Bertz CT molecular complexity index is 315. The third kappa shape index (κ3) is 2.34. The zero-order chi connectivity index (χ0) is 10.8. The van der Waals surface area contributed by atoms with E-state index in [2.05, 4.69) is 26.0 Å². The maximum atomic E-state index is 5.71. The van der Waals surface area contributed by atoms with E-state index in [0.29, 0.717) is 0 Å². The molecule has 2 N–H and O–H groups in total. The molecule has 15 heavy (non-hydrogen) atoms. The van der Waals surface area contributed by atoms with Crippen LogP contribution in [0.4, 0.5) is 5.69 Å². The van der Waals surface area contributed by atoms with E-state index < -0.39 is 0 Å². The van der Waals surface area contributed by atoms with Gasteiger partial charge in [-0.2, -0.15) is 0 Å². The van der Waals surface area contributed by atoms with Crippen molar-refractivity contribution < 1.29 is 0 Å². The summed E-state index contributed by atoms with van der Waals surface area (Å²) in [6, 6.07) is 8.46. The molecule has 1 aliphatic rings. The topological polar surface area (TPSA) is 26.0 Å². The number of nitrogens with two attached hydrogens (primary N) is 1. The van der Waals surface area contributed by atoms with Gasteiger partial charge in [-0.25, -0.2) is 0 Å². The van der Waals surface area contributed by atoms with Crippen molar-refractivity contribution in [2.75, 3.05) is 5.73 Å². The Hall–Kier alpha value is -0.980. The van der Waals surface area contributed by atoms with Gasteiger partial charge < -0.3 is 5.73 Å². The molecule has 0 unspecified atom stereocenters. The highest BCUT2D eigenvalue weighted by Gasteiger charge is 2.26. The Morgan fingerprint density at radius 3 is 2.33 bits per heavy atom. The first kappa shape index (κ1) is 10.5. The summed E-state index contributed by atoms with van der Waals surface area (Å²) in [6.07, 6.45) is 4.08. The molecule has 0 amide bonds. The molecule has 0 radical (unpaired) electrons. The lowest BCUT2D eigenvalue weighted by Gasteiger charge is -2.33. The van der Waals surface area contributed by atoms with Gasteiger partial charge in [-0.3, -0.25) is 0 Å². The first-order valence-electron chi connectivity index (χ1n) is 6.02. The van der Waals surface area contributed by atoms with E-state index in [1.165, 1.54) is 24.8 Å². The van der Waals surface area contributed by atoms with Crippen LogP contribution in [0.1, 0.15) is 44.6 Å². The van der Waals surface area contributed by atoms with Gasteiger partial charge in [0, 0.05) is 5.69 Å². The third-order valence-electron chi connectivity index (χ3n) is 3.80. The van der Waals surface area contributed by atoms with Crippen LogP contribution in [0.25, 0.3) is 0 Å². The van der Waals surface area contributed by atoms with Crippen LogP contribution in [0, 0.1) is 11.8 Å². The number of nitrogen functional groups attached to an aromatic ring is 1. The highest BCUT2D eigenvalue weighted by atomic mass is 14.5. The Kier molecular flexibility index (Phi) is 2.99. The second-order valence-electron chi connectivity index (χ2n) is 5.17. The van der Waals surface area contributed by atoms with E-state index in [-0.39, 0.29) is 0 Å². The second kappa shape index (κ2) is 4.26. The smallest absolute Gasteiger partial charge is 0.0314 e. The van der Waals surface area contributed by atoms with Gasteiger partial charge in [0.15, 0.2) is 0 Å². The van der Waals surface area contributed by atoms with Gasteiger partial charge in [0.2, 0.25) is 0 Å². The molecule has 82 valence electrons. The van der Waals surface area contributed by atoms with E-state index in [1.54, 1.807) is 0 Å². The molecule has 1 aromatic carbocycles. The van der Waals surface area contributed by atoms with Gasteiger partial charge in [0.1, 0.15) is 0 Å². The molecule has 0 aromatic heterocycles. The lowest BCUT2D eigenvalue weighted by molar-refractivity contribution is 0.262. The minimum atomic E-state index is 0.752. The average molecular weight is 203 g/mol. The van der Waals surface area contributed by atoms with E-state index in [0.717, 1.165) is 23.4 Å². The quantitative estimate of drug-likeness (QED) is 0.690. The minimum Gasteiger partial charge on any atom is -0.399 e. The molecule has 1 aliphatic carbocycles. The normalized spacial score (nSPS) is 31.5. The van der Waals surface area contributed by atoms with Crippen molar-refractivity contribution in [1.29, 1.82) is 0 Å².